The van der Waals surface area contributed by atoms with E-state index in [1.807, 2.05) is 36.4 Å². The van der Waals surface area contributed by atoms with E-state index in [1.165, 1.54) is 4.88 Å². The van der Waals surface area contributed by atoms with Crippen molar-refractivity contribution in [1.29, 1.82) is 0 Å². The number of carbonyl (C=O) groups excluding carboxylic acids is 2. The maximum atomic E-state index is 13.0. The van der Waals surface area contributed by atoms with Gasteiger partial charge in [0, 0.05) is 36.8 Å². The molecule has 1 aromatic heterocycles. The molecule has 8 heteroatoms. The van der Waals surface area contributed by atoms with E-state index in [0.717, 1.165) is 38.1 Å². The lowest BCUT2D eigenvalue weighted by Gasteiger charge is -2.32. The van der Waals surface area contributed by atoms with Gasteiger partial charge in [0.25, 0.3) is 0 Å². The van der Waals surface area contributed by atoms with Crippen LogP contribution in [0.15, 0.2) is 59.1 Å². The molecule has 1 saturated heterocycles. The van der Waals surface area contributed by atoms with Crippen LogP contribution < -0.4 is 10.6 Å². The van der Waals surface area contributed by atoms with Gasteiger partial charge in [-0.2, -0.15) is 0 Å². The zero-order valence-electron chi connectivity index (χ0n) is 18.2. The highest BCUT2D eigenvalue weighted by molar-refractivity contribution is 7.09. The molecule has 170 valence electrons. The van der Waals surface area contributed by atoms with Crippen molar-refractivity contribution in [3.8, 4) is 0 Å². The summed E-state index contributed by atoms with van der Waals surface area (Å²) >= 11 is 1.69. The van der Waals surface area contributed by atoms with Crippen LogP contribution in [0, 0.1) is 0 Å². The van der Waals surface area contributed by atoms with Crippen molar-refractivity contribution in [1.82, 2.24) is 15.5 Å². The minimum Gasteiger partial charge on any atom is -0.463 e. The third-order valence-electron chi connectivity index (χ3n) is 5.61. The maximum Gasteiger partial charge on any atom is 0.338 e. The molecule has 3 heterocycles. The van der Waals surface area contributed by atoms with Crippen LogP contribution >= 0.6 is 11.3 Å². The number of rotatable bonds is 9. The van der Waals surface area contributed by atoms with Crippen molar-refractivity contribution < 1.29 is 19.1 Å². The molecule has 1 fully saturated rings. The third kappa shape index (κ3) is 5.56. The largest absolute Gasteiger partial charge is 0.463 e. The number of thiophene rings is 1. The van der Waals surface area contributed by atoms with Crippen LogP contribution in [0.25, 0.3) is 0 Å². The molecule has 2 atom stereocenters. The number of nitrogens with zero attached hydrogens (tertiary/aromatic N) is 1. The fraction of sp³-hybridized carbons (Fsp3) is 0.417. The molecule has 0 saturated carbocycles. The van der Waals surface area contributed by atoms with Crippen LogP contribution in [-0.2, 0) is 20.8 Å². The van der Waals surface area contributed by atoms with Gasteiger partial charge in [-0.1, -0.05) is 36.4 Å². The topological polar surface area (TPSA) is 79.9 Å². The fourth-order valence-corrected chi connectivity index (χ4v) is 4.94. The molecule has 2 aliphatic rings. The van der Waals surface area contributed by atoms with Gasteiger partial charge in [-0.25, -0.2) is 9.59 Å². The van der Waals surface area contributed by atoms with Gasteiger partial charge in [0.15, 0.2) is 0 Å². The first-order chi connectivity index (χ1) is 15.6. The van der Waals surface area contributed by atoms with Crippen LogP contribution in [-0.4, -0.2) is 49.3 Å². The summed E-state index contributed by atoms with van der Waals surface area (Å²) in [7, 11) is 0. The second-order valence-electron chi connectivity index (χ2n) is 7.94. The standard InChI is InChI=1S/C24H29N3O4S/c1-2-30-23(28)21-20(25-24(29)26-22(21)17-8-4-3-5-9-17)16-27(14-18-10-6-12-31-18)15-19-11-7-13-32-19/h3-5,7-9,11,13,18,22H,2,6,10,12,14-16H2,1H3,(H2,25,26,29)/t18-,22+/m1/s1. The van der Waals surface area contributed by atoms with E-state index in [0.29, 0.717) is 17.8 Å². The van der Waals surface area contributed by atoms with E-state index in [4.69, 9.17) is 9.47 Å². The second kappa shape index (κ2) is 10.8. The van der Waals surface area contributed by atoms with Gasteiger partial charge in [-0.15, -0.1) is 11.3 Å². The van der Waals surface area contributed by atoms with Crippen LogP contribution in [0.5, 0.6) is 0 Å². The SMILES string of the molecule is CCOC(=O)C1=C(CN(Cc2cccs2)C[C@H]2CCCO2)NC(=O)N[C@H]1c1ccccc1. The summed E-state index contributed by atoms with van der Waals surface area (Å²) in [5.41, 5.74) is 1.86. The van der Waals surface area contributed by atoms with Gasteiger partial charge in [-0.05, 0) is 36.8 Å². The Bertz CT molecular complexity index is 939. The predicted molar refractivity (Wildman–Crippen MR) is 123 cm³/mol. The van der Waals surface area contributed by atoms with E-state index in [1.54, 1.807) is 18.3 Å². The molecule has 0 spiro atoms. The predicted octanol–water partition coefficient (Wildman–Crippen LogP) is 3.60. The first-order valence-corrected chi connectivity index (χ1v) is 11.9. The highest BCUT2D eigenvalue weighted by Crippen LogP contribution is 2.29. The normalized spacial score (nSPS) is 20.9. The molecule has 0 aliphatic carbocycles. The maximum absolute atomic E-state index is 13.0. The molecular weight excluding hydrogens is 426 g/mol. The number of ether oxygens (including phenoxy) is 2. The van der Waals surface area contributed by atoms with Gasteiger partial charge < -0.3 is 20.1 Å². The molecule has 2 aromatic rings. The Labute approximate surface area is 192 Å². The minimum absolute atomic E-state index is 0.156. The van der Waals surface area contributed by atoms with Crippen LogP contribution in [0.4, 0.5) is 4.79 Å². The first-order valence-electron chi connectivity index (χ1n) is 11.0. The lowest BCUT2D eigenvalue weighted by atomic mass is 9.95. The van der Waals surface area contributed by atoms with E-state index in [9.17, 15) is 9.59 Å². The molecule has 0 unspecified atom stereocenters. The molecule has 0 bridgehead atoms. The summed E-state index contributed by atoms with van der Waals surface area (Å²) in [6.45, 7) is 4.70. The van der Waals surface area contributed by atoms with E-state index in [2.05, 4.69) is 27.0 Å². The molecule has 1 aromatic carbocycles. The lowest BCUT2D eigenvalue weighted by Crippen LogP contribution is -2.49. The van der Waals surface area contributed by atoms with Crippen molar-refractivity contribution in [2.75, 3.05) is 26.3 Å². The van der Waals surface area contributed by atoms with E-state index >= 15 is 0 Å². The van der Waals surface area contributed by atoms with Crippen molar-refractivity contribution >= 4 is 23.3 Å². The van der Waals surface area contributed by atoms with Gasteiger partial charge >= 0.3 is 12.0 Å². The number of carbonyl (C=O) groups is 2. The summed E-state index contributed by atoms with van der Waals surface area (Å²) in [6.07, 6.45) is 2.24. The van der Waals surface area contributed by atoms with Gasteiger partial charge in [0.2, 0.25) is 0 Å². The van der Waals surface area contributed by atoms with Crippen LogP contribution in [0.3, 0.4) is 0 Å². The zero-order chi connectivity index (χ0) is 22.3. The molecule has 2 aliphatic heterocycles. The van der Waals surface area contributed by atoms with Gasteiger partial charge in [0.05, 0.1) is 24.3 Å². The Balaban J connectivity index is 1.66. The lowest BCUT2D eigenvalue weighted by molar-refractivity contribution is -0.139. The van der Waals surface area contributed by atoms with Gasteiger partial charge in [0.1, 0.15) is 0 Å². The monoisotopic (exact) mass is 455 g/mol. The van der Waals surface area contributed by atoms with Crippen molar-refractivity contribution in [2.45, 2.75) is 38.5 Å². The first kappa shape index (κ1) is 22.5. The molecule has 0 radical (unpaired) electrons. The fourth-order valence-electron chi connectivity index (χ4n) is 4.20. The summed E-state index contributed by atoms with van der Waals surface area (Å²) < 4.78 is 11.3. The smallest absolute Gasteiger partial charge is 0.338 e. The van der Waals surface area contributed by atoms with Crippen LogP contribution in [0.1, 0.15) is 36.2 Å². The third-order valence-corrected chi connectivity index (χ3v) is 6.47. The van der Waals surface area contributed by atoms with Crippen molar-refractivity contribution in [3.63, 3.8) is 0 Å². The summed E-state index contributed by atoms with van der Waals surface area (Å²) in [4.78, 5) is 29.1. The minimum atomic E-state index is -0.565. The van der Waals surface area contributed by atoms with Gasteiger partial charge in [-0.3, -0.25) is 4.90 Å². The number of nitrogens with one attached hydrogen (secondary N) is 2. The Morgan fingerprint density at radius 2 is 2.06 bits per heavy atom. The highest BCUT2D eigenvalue weighted by Gasteiger charge is 2.34. The quantitative estimate of drug-likeness (QED) is 0.565. The molecule has 4 rings (SSSR count). The van der Waals surface area contributed by atoms with E-state index < -0.39 is 12.0 Å². The average molecular weight is 456 g/mol. The molecule has 2 N–H and O–H groups in total. The molecule has 2 amide bonds. The Morgan fingerprint density at radius 1 is 1.22 bits per heavy atom. The van der Waals surface area contributed by atoms with Crippen molar-refractivity contribution in [3.05, 3.63) is 69.6 Å². The van der Waals surface area contributed by atoms with E-state index in [-0.39, 0.29) is 18.7 Å². The zero-order valence-corrected chi connectivity index (χ0v) is 19.0. The number of amides is 2. The Hall–Kier alpha value is -2.68. The average Bonchev–Trinajstić information content (AvgIpc) is 3.48. The number of esters is 1. The molecule has 7 nitrogen and oxygen atoms in total. The number of urea groups is 1. The number of hydrogen-bond acceptors (Lipinski definition) is 6. The summed E-state index contributed by atoms with van der Waals surface area (Å²) in [5.74, 6) is -0.419. The summed E-state index contributed by atoms with van der Waals surface area (Å²) in [5, 5.41) is 7.84. The Kier molecular flexibility index (Phi) is 7.57. The van der Waals surface area contributed by atoms with Crippen molar-refractivity contribution in [2.24, 2.45) is 0 Å². The number of benzene rings is 1. The molecular formula is C24H29N3O4S. The highest BCUT2D eigenvalue weighted by atomic mass is 32.1. The molecule has 32 heavy (non-hydrogen) atoms. The second-order valence-corrected chi connectivity index (χ2v) is 8.97. The van der Waals surface area contributed by atoms with Crippen LogP contribution in [0.2, 0.25) is 0 Å². The Morgan fingerprint density at radius 3 is 2.75 bits per heavy atom. The summed E-state index contributed by atoms with van der Waals surface area (Å²) in [6, 6.07) is 12.8. The number of hydrogen-bond donors (Lipinski definition) is 2.